The zero-order chi connectivity index (χ0) is 20.1. The normalized spacial score (nSPS) is 32.5. The standard InChI is InChI=1S/C25H30ClNO2/c1-17-2-4-18(5-3-17)15-29-23-7-6-22(26)9-21(23)14-27-24-10-19-8-20(11-24)13-25(28,12-19)16-24/h2-7,9,19-20,27-28H,8,10-16H2,1H3. The van der Waals surface area contributed by atoms with Crippen molar-refractivity contribution in [2.24, 2.45) is 11.8 Å². The van der Waals surface area contributed by atoms with Crippen LogP contribution in [0.25, 0.3) is 0 Å². The summed E-state index contributed by atoms with van der Waals surface area (Å²) in [6.07, 6.45) is 6.54. The molecule has 4 aliphatic carbocycles. The number of halogens is 1. The van der Waals surface area contributed by atoms with Gasteiger partial charge in [-0.3, -0.25) is 0 Å². The molecule has 3 nitrogen and oxygen atoms in total. The molecule has 0 heterocycles. The van der Waals surface area contributed by atoms with Crippen LogP contribution in [0, 0.1) is 18.8 Å². The van der Waals surface area contributed by atoms with E-state index >= 15 is 0 Å². The van der Waals surface area contributed by atoms with E-state index in [1.54, 1.807) is 0 Å². The van der Waals surface area contributed by atoms with Gasteiger partial charge in [-0.2, -0.15) is 0 Å². The number of aliphatic hydroxyl groups is 1. The van der Waals surface area contributed by atoms with Gasteiger partial charge in [-0.25, -0.2) is 0 Å². The van der Waals surface area contributed by atoms with E-state index < -0.39 is 5.60 Å². The Labute approximate surface area is 178 Å². The fourth-order valence-corrected chi connectivity index (χ4v) is 6.57. The number of nitrogens with one attached hydrogen (secondary N) is 1. The molecule has 0 radical (unpaired) electrons. The molecule has 0 amide bonds. The Morgan fingerprint density at radius 2 is 1.79 bits per heavy atom. The van der Waals surface area contributed by atoms with Crippen molar-refractivity contribution in [1.82, 2.24) is 5.32 Å². The van der Waals surface area contributed by atoms with Crippen LogP contribution in [0.2, 0.25) is 5.02 Å². The van der Waals surface area contributed by atoms with Gasteiger partial charge in [0.1, 0.15) is 12.4 Å². The van der Waals surface area contributed by atoms with E-state index in [1.165, 1.54) is 24.8 Å². The van der Waals surface area contributed by atoms with Crippen LogP contribution >= 0.6 is 11.6 Å². The third kappa shape index (κ3) is 4.05. The Morgan fingerprint density at radius 1 is 1.07 bits per heavy atom. The van der Waals surface area contributed by atoms with Gasteiger partial charge in [0, 0.05) is 22.7 Å². The zero-order valence-electron chi connectivity index (χ0n) is 17.1. The second-order valence-corrected chi connectivity index (χ2v) is 10.3. The first-order chi connectivity index (χ1) is 13.9. The van der Waals surface area contributed by atoms with Gasteiger partial charge in [-0.15, -0.1) is 0 Å². The van der Waals surface area contributed by atoms with Gasteiger partial charge in [0.25, 0.3) is 0 Å². The Balaban J connectivity index is 1.30. The summed E-state index contributed by atoms with van der Waals surface area (Å²) in [6.45, 7) is 3.36. The quantitative estimate of drug-likeness (QED) is 0.668. The molecule has 2 unspecified atom stereocenters. The second-order valence-electron chi connectivity index (χ2n) is 9.85. The molecule has 2 aromatic rings. The molecule has 0 spiro atoms. The van der Waals surface area contributed by atoms with Gasteiger partial charge >= 0.3 is 0 Å². The minimum absolute atomic E-state index is 0.0649. The number of ether oxygens (including phenoxy) is 1. The van der Waals surface area contributed by atoms with E-state index in [0.717, 1.165) is 47.7 Å². The monoisotopic (exact) mass is 411 g/mol. The molecule has 4 bridgehead atoms. The van der Waals surface area contributed by atoms with Crippen LogP contribution in [0.15, 0.2) is 42.5 Å². The maximum Gasteiger partial charge on any atom is 0.124 e. The highest BCUT2D eigenvalue weighted by Gasteiger charge is 2.56. The molecule has 2 atom stereocenters. The van der Waals surface area contributed by atoms with Gasteiger partial charge in [0.2, 0.25) is 0 Å². The summed E-state index contributed by atoms with van der Waals surface area (Å²) in [6, 6.07) is 14.3. The van der Waals surface area contributed by atoms with E-state index in [2.05, 4.69) is 36.5 Å². The summed E-state index contributed by atoms with van der Waals surface area (Å²) in [4.78, 5) is 0. The van der Waals surface area contributed by atoms with Gasteiger partial charge in [0.15, 0.2) is 0 Å². The third-order valence-corrected chi connectivity index (χ3v) is 7.46. The minimum atomic E-state index is -0.448. The van der Waals surface area contributed by atoms with Crippen molar-refractivity contribution >= 4 is 11.6 Å². The predicted molar refractivity (Wildman–Crippen MR) is 116 cm³/mol. The van der Waals surface area contributed by atoms with Crippen LogP contribution in [-0.2, 0) is 13.2 Å². The lowest BCUT2D eigenvalue weighted by molar-refractivity contribution is -0.142. The topological polar surface area (TPSA) is 41.5 Å². The SMILES string of the molecule is Cc1ccc(COc2ccc(Cl)cc2CNC23CC4CC(CC(O)(C4)C2)C3)cc1. The number of hydrogen-bond donors (Lipinski definition) is 2. The zero-order valence-corrected chi connectivity index (χ0v) is 17.8. The molecule has 4 fully saturated rings. The van der Waals surface area contributed by atoms with Crippen LogP contribution in [0.5, 0.6) is 5.75 Å². The van der Waals surface area contributed by atoms with Gasteiger partial charge < -0.3 is 15.2 Å². The van der Waals surface area contributed by atoms with Crippen LogP contribution in [0.4, 0.5) is 0 Å². The summed E-state index contributed by atoms with van der Waals surface area (Å²) in [7, 11) is 0. The van der Waals surface area contributed by atoms with E-state index in [9.17, 15) is 5.11 Å². The summed E-state index contributed by atoms with van der Waals surface area (Å²) < 4.78 is 6.16. The first-order valence-corrected chi connectivity index (χ1v) is 11.2. The van der Waals surface area contributed by atoms with E-state index in [0.29, 0.717) is 18.4 Å². The van der Waals surface area contributed by atoms with Crippen molar-refractivity contribution in [3.63, 3.8) is 0 Å². The van der Waals surface area contributed by atoms with Gasteiger partial charge in [-0.05, 0) is 81.0 Å². The Bertz CT molecular complexity index is 880. The summed E-state index contributed by atoms with van der Waals surface area (Å²) in [5.74, 6) is 2.22. The minimum Gasteiger partial charge on any atom is -0.489 e. The number of hydrogen-bond acceptors (Lipinski definition) is 3. The van der Waals surface area contributed by atoms with E-state index in [-0.39, 0.29) is 5.54 Å². The van der Waals surface area contributed by atoms with Gasteiger partial charge in [-0.1, -0.05) is 41.4 Å². The predicted octanol–water partition coefficient (Wildman–Crippen LogP) is 5.40. The molecule has 0 aliphatic heterocycles. The van der Waals surface area contributed by atoms with Crippen LogP contribution < -0.4 is 10.1 Å². The van der Waals surface area contributed by atoms with Gasteiger partial charge in [0.05, 0.1) is 5.60 Å². The number of rotatable bonds is 6. The molecule has 2 N–H and O–H groups in total. The van der Waals surface area contributed by atoms with Crippen molar-refractivity contribution < 1.29 is 9.84 Å². The molecular weight excluding hydrogens is 382 g/mol. The highest BCUT2D eigenvalue weighted by molar-refractivity contribution is 6.30. The second kappa shape index (κ2) is 7.30. The molecule has 4 saturated carbocycles. The van der Waals surface area contributed by atoms with Crippen LogP contribution in [-0.4, -0.2) is 16.2 Å². The smallest absolute Gasteiger partial charge is 0.124 e. The van der Waals surface area contributed by atoms with Crippen molar-refractivity contribution in [2.45, 2.75) is 69.7 Å². The lowest BCUT2D eigenvalue weighted by atomic mass is 9.51. The fourth-order valence-electron chi connectivity index (χ4n) is 6.38. The maximum atomic E-state index is 11.0. The molecule has 154 valence electrons. The van der Waals surface area contributed by atoms with Crippen LogP contribution in [0.3, 0.4) is 0 Å². The molecule has 4 aliphatic rings. The largest absolute Gasteiger partial charge is 0.489 e. The highest BCUT2D eigenvalue weighted by Crippen LogP contribution is 2.57. The number of aryl methyl sites for hydroxylation is 1. The molecule has 2 aromatic carbocycles. The van der Waals surface area contributed by atoms with Crippen molar-refractivity contribution in [2.75, 3.05) is 0 Å². The molecule has 0 aromatic heterocycles. The number of benzene rings is 2. The Hall–Kier alpha value is -1.55. The molecule has 0 saturated heterocycles. The highest BCUT2D eigenvalue weighted by atomic mass is 35.5. The first kappa shape index (κ1) is 19.4. The summed E-state index contributed by atoms with van der Waals surface area (Å²) >= 11 is 6.30. The lowest BCUT2D eigenvalue weighted by Crippen LogP contribution is -2.64. The lowest BCUT2D eigenvalue weighted by Gasteiger charge is -2.60. The average Bonchev–Trinajstić information content (AvgIpc) is 2.65. The Kier molecular flexibility index (Phi) is 4.89. The molecular formula is C25H30ClNO2. The van der Waals surface area contributed by atoms with Crippen molar-refractivity contribution in [3.8, 4) is 5.75 Å². The van der Waals surface area contributed by atoms with E-state index in [1.807, 2.05) is 18.2 Å². The molecule has 29 heavy (non-hydrogen) atoms. The molecule has 4 heteroatoms. The summed E-state index contributed by atoms with van der Waals surface area (Å²) in [5.41, 5.74) is 3.12. The summed E-state index contributed by atoms with van der Waals surface area (Å²) in [5, 5.41) is 15.6. The van der Waals surface area contributed by atoms with E-state index in [4.69, 9.17) is 16.3 Å². The average molecular weight is 412 g/mol. The fraction of sp³-hybridized carbons (Fsp3) is 0.520. The Morgan fingerprint density at radius 3 is 2.48 bits per heavy atom. The van der Waals surface area contributed by atoms with Crippen LogP contribution in [0.1, 0.15) is 55.2 Å². The van der Waals surface area contributed by atoms with Crippen molar-refractivity contribution in [1.29, 1.82) is 0 Å². The van der Waals surface area contributed by atoms with Crippen molar-refractivity contribution in [3.05, 3.63) is 64.2 Å². The third-order valence-electron chi connectivity index (χ3n) is 7.22. The first-order valence-electron chi connectivity index (χ1n) is 10.8. The molecule has 6 rings (SSSR count). The maximum absolute atomic E-state index is 11.0.